The van der Waals surface area contributed by atoms with E-state index in [0.717, 1.165) is 12.1 Å². The van der Waals surface area contributed by atoms with Crippen LogP contribution in [-0.4, -0.2) is 17.4 Å². The van der Waals surface area contributed by atoms with Gasteiger partial charge in [0.1, 0.15) is 0 Å². The molecule has 1 unspecified atom stereocenters. The van der Waals surface area contributed by atoms with Crippen LogP contribution in [0.3, 0.4) is 0 Å². The van der Waals surface area contributed by atoms with Gasteiger partial charge in [-0.1, -0.05) is 128 Å². The highest BCUT2D eigenvalue weighted by atomic mass is 19.1. The summed E-state index contributed by atoms with van der Waals surface area (Å²) in [5.41, 5.74) is 9.95. The lowest BCUT2D eigenvalue weighted by Crippen LogP contribution is -2.10. The van der Waals surface area contributed by atoms with Crippen molar-refractivity contribution < 1.29 is 4.39 Å². The molecule has 1 N–H and O–H groups in total. The Balaban J connectivity index is 0.000000372. The van der Waals surface area contributed by atoms with E-state index >= 15 is 0 Å². The van der Waals surface area contributed by atoms with Crippen LogP contribution in [0.1, 0.15) is 86.9 Å². The fourth-order valence-corrected chi connectivity index (χ4v) is 4.27. The average Bonchev–Trinajstić information content (AvgIpc) is 3.46. The summed E-state index contributed by atoms with van der Waals surface area (Å²) in [6.07, 6.45) is 5.25. The largest absolute Gasteiger partial charge is 0.358 e. The van der Waals surface area contributed by atoms with Crippen molar-refractivity contribution >= 4 is 11.9 Å². The van der Waals surface area contributed by atoms with Crippen LogP contribution in [0.15, 0.2) is 108 Å². The van der Waals surface area contributed by atoms with Gasteiger partial charge in [-0.05, 0) is 91.5 Å². The highest BCUT2D eigenvalue weighted by Crippen LogP contribution is 2.27. The molecule has 0 fully saturated rings. The number of aromatic nitrogens is 1. The molecule has 0 radical (unpaired) electrons. The molecule has 0 aliphatic rings. The van der Waals surface area contributed by atoms with Gasteiger partial charge in [-0.15, -0.1) is 0 Å². The molecule has 3 heteroatoms. The normalized spacial score (nSPS) is 12.0. The zero-order chi connectivity index (χ0) is 33.1. The molecule has 3 aromatic carbocycles. The molecule has 4 rings (SSSR count). The first-order valence-corrected chi connectivity index (χ1v) is 16.2. The van der Waals surface area contributed by atoms with E-state index < -0.39 is 6.17 Å². The van der Waals surface area contributed by atoms with Crippen molar-refractivity contribution in [2.75, 3.05) is 0 Å². The van der Waals surface area contributed by atoms with Gasteiger partial charge in [0, 0.05) is 23.2 Å². The van der Waals surface area contributed by atoms with Crippen molar-refractivity contribution in [3.05, 3.63) is 114 Å². The number of benzene rings is 3. The molecule has 1 heterocycles. The van der Waals surface area contributed by atoms with E-state index in [-0.39, 0.29) is 5.41 Å². The monoisotopic (exact) mass is 596 g/mol. The molecule has 0 bridgehead atoms. The second-order valence-corrected chi connectivity index (χ2v) is 12.2. The second-order valence-electron chi connectivity index (χ2n) is 12.2. The van der Waals surface area contributed by atoms with Gasteiger partial charge in [-0.3, -0.25) is 4.99 Å². The smallest absolute Gasteiger partial charge is 0.0971 e. The van der Waals surface area contributed by atoms with Crippen LogP contribution in [-0.2, 0) is 6.42 Å². The lowest BCUT2D eigenvalue weighted by Gasteiger charge is -2.19. The predicted molar refractivity (Wildman–Crippen MR) is 195 cm³/mol. The lowest BCUT2D eigenvalue weighted by atomic mass is 9.87. The molecule has 0 aliphatic heterocycles. The summed E-state index contributed by atoms with van der Waals surface area (Å²) < 4.78 is 11.4. The van der Waals surface area contributed by atoms with E-state index in [1.165, 1.54) is 39.2 Å². The molecule has 0 saturated heterocycles. The van der Waals surface area contributed by atoms with E-state index in [4.69, 9.17) is 0 Å². The standard InChI is InChI=1S/C20H23N.C15H19N.C4H9F.C2H6/c1-5-18(20(2,3)4)15-21-19-13-9-12-17(14-19)16-10-7-6-8-11-16;1-11(2)10-13-8-9-15(16-13)14-7-5-4-6-12(14)3;1-3-4(2)5;1-2/h5-15H,1-4H3;4-9,11,16H,10H2,1-3H3;4H,3H2,1-2H3;1-2H3/b18-5+,21-15?;;;. The van der Waals surface area contributed by atoms with Crippen LogP contribution in [0.4, 0.5) is 10.1 Å². The number of halogens is 1. The zero-order valence-electron chi connectivity index (χ0n) is 29.2. The third-order valence-corrected chi connectivity index (χ3v) is 6.86. The van der Waals surface area contributed by atoms with Gasteiger partial charge >= 0.3 is 0 Å². The predicted octanol–water partition coefficient (Wildman–Crippen LogP) is 13.0. The Morgan fingerprint density at radius 3 is 1.98 bits per heavy atom. The van der Waals surface area contributed by atoms with E-state index in [1.807, 2.05) is 39.1 Å². The molecule has 0 spiro atoms. The Labute approximate surface area is 268 Å². The Morgan fingerprint density at radius 2 is 1.43 bits per heavy atom. The number of rotatable bonds is 7. The van der Waals surface area contributed by atoms with Gasteiger partial charge in [0.25, 0.3) is 0 Å². The minimum absolute atomic E-state index is 0.120. The van der Waals surface area contributed by atoms with Crippen molar-refractivity contribution in [3.8, 4) is 22.4 Å². The second kappa shape index (κ2) is 20.3. The van der Waals surface area contributed by atoms with Crippen molar-refractivity contribution in [1.82, 2.24) is 4.98 Å². The summed E-state index contributed by atoms with van der Waals surface area (Å²) in [6, 6.07) is 31.6. The van der Waals surface area contributed by atoms with Crippen molar-refractivity contribution in [1.29, 1.82) is 0 Å². The van der Waals surface area contributed by atoms with Crippen LogP contribution in [0.25, 0.3) is 22.4 Å². The molecular formula is C41H57FN2. The first kappa shape index (κ1) is 38.3. The average molecular weight is 597 g/mol. The number of nitrogens with one attached hydrogen (secondary N) is 1. The Hall–Kier alpha value is -3.72. The molecule has 1 aromatic heterocycles. The Kier molecular flexibility index (Phi) is 17.7. The maximum absolute atomic E-state index is 11.4. The lowest BCUT2D eigenvalue weighted by molar-refractivity contribution is 0.352. The summed E-state index contributed by atoms with van der Waals surface area (Å²) in [5, 5.41) is 0. The number of allylic oxidation sites excluding steroid dienone is 2. The van der Waals surface area contributed by atoms with Gasteiger partial charge in [0.05, 0.1) is 11.9 Å². The molecule has 44 heavy (non-hydrogen) atoms. The Morgan fingerprint density at radius 1 is 0.841 bits per heavy atom. The molecule has 0 saturated carbocycles. The highest BCUT2D eigenvalue weighted by Gasteiger charge is 2.14. The van der Waals surface area contributed by atoms with Crippen LogP contribution in [0, 0.1) is 18.3 Å². The molecule has 0 aliphatic carbocycles. The van der Waals surface area contributed by atoms with Crippen molar-refractivity contribution in [2.24, 2.45) is 16.3 Å². The van der Waals surface area contributed by atoms with Crippen LogP contribution < -0.4 is 0 Å². The molecule has 4 aromatic rings. The molecule has 238 valence electrons. The molecule has 2 nitrogen and oxygen atoms in total. The third-order valence-electron chi connectivity index (χ3n) is 6.86. The number of hydrogen-bond acceptors (Lipinski definition) is 1. The van der Waals surface area contributed by atoms with Gasteiger partial charge in [0.2, 0.25) is 0 Å². The Bertz CT molecular complexity index is 1390. The fraction of sp³-hybridized carbons (Fsp3) is 0.390. The minimum atomic E-state index is -0.616. The van der Waals surface area contributed by atoms with Crippen molar-refractivity contribution in [2.45, 2.75) is 95.2 Å². The summed E-state index contributed by atoms with van der Waals surface area (Å²) in [7, 11) is 0. The molecular weight excluding hydrogens is 539 g/mol. The first-order chi connectivity index (χ1) is 20.9. The van der Waals surface area contributed by atoms with Gasteiger partial charge in [0.15, 0.2) is 0 Å². The summed E-state index contributed by atoms with van der Waals surface area (Å²) in [6.45, 7) is 22.7. The maximum Gasteiger partial charge on any atom is 0.0971 e. The number of aliphatic imine (C=N–C) groups is 1. The van der Waals surface area contributed by atoms with Crippen LogP contribution in [0.2, 0.25) is 0 Å². The summed E-state index contributed by atoms with van der Waals surface area (Å²) >= 11 is 0. The number of hydrogen-bond donors (Lipinski definition) is 1. The van der Waals surface area contributed by atoms with Gasteiger partial charge in [-0.25, -0.2) is 4.39 Å². The third kappa shape index (κ3) is 14.2. The molecule has 1 atom stereocenters. The van der Waals surface area contributed by atoms with Crippen LogP contribution in [0.5, 0.6) is 0 Å². The zero-order valence-corrected chi connectivity index (χ0v) is 29.2. The van der Waals surface area contributed by atoms with E-state index in [0.29, 0.717) is 12.3 Å². The quantitative estimate of drug-likeness (QED) is 0.206. The van der Waals surface area contributed by atoms with E-state index in [2.05, 4.69) is 143 Å². The molecule has 0 amide bonds. The van der Waals surface area contributed by atoms with E-state index in [1.54, 1.807) is 6.92 Å². The highest BCUT2D eigenvalue weighted by molar-refractivity contribution is 5.83. The number of H-pyrrole nitrogens is 1. The van der Waals surface area contributed by atoms with Crippen molar-refractivity contribution in [3.63, 3.8) is 0 Å². The topological polar surface area (TPSA) is 28.1 Å². The maximum atomic E-state index is 11.4. The SMILES string of the molecule is C/C=C(\C=Nc1cccc(-c2ccccc2)c1)C(C)(C)C.CC.CCC(C)F.Cc1ccccc1-c1ccc(CC(C)C)[nH]1. The number of aryl methyl sites for hydroxylation is 1. The van der Waals surface area contributed by atoms with E-state index in [9.17, 15) is 4.39 Å². The van der Waals surface area contributed by atoms with Gasteiger partial charge in [-0.2, -0.15) is 0 Å². The summed E-state index contributed by atoms with van der Waals surface area (Å²) in [4.78, 5) is 8.14. The van der Waals surface area contributed by atoms with Crippen LogP contribution >= 0.6 is 0 Å². The van der Waals surface area contributed by atoms with Gasteiger partial charge < -0.3 is 4.98 Å². The number of alkyl halides is 1. The number of aromatic amines is 1. The minimum Gasteiger partial charge on any atom is -0.358 e. The number of nitrogens with zero attached hydrogens (tertiary/aromatic N) is 1. The fourth-order valence-electron chi connectivity index (χ4n) is 4.27. The first-order valence-electron chi connectivity index (χ1n) is 16.2. The summed E-state index contributed by atoms with van der Waals surface area (Å²) in [5.74, 6) is 0.698.